The standard InChI is InChI=1S/C8H3F4N3/c9-6-2-1-5(8(10,11)12)4(3-13)7(6)15-14/h1-2,14H. The van der Waals surface area contributed by atoms with Crippen molar-refractivity contribution in [2.75, 3.05) is 0 Å². The van der Waals surface area contributed by atoms with E-state index in [2.05, 4.69) is 5.11 Å². The molecule has 0 fully saturated rings. The van der Waals surface area contributed by atoms with Gasteiger partial charge in [0.25, 0.3) is 0 Å². The lowest BCUT2D eigenvalue weighted by atomic mass is 10.1. The van der Waals surface area contributed by atoms with E-state index < -0.39 is 28.8 Å². The van der Waals surface area contributed by atoms with Gasteiger partial charge in [-0.15, -0.1) is 0 Å². The van der Waals surface area contributed by atoms with Crippen LogP contribution in [0, 0.1) is 22.7 Å². The number of nitrogens with one attached hydrogen (secondary N) is 1. The summed E-state index contributed by atoms with van der Waals surface area (Å²) in [5, 5.41) is 11.0. The minimum atomic E-state index is -4.77. The molecule has 0 radical (unpaired) electrons. The minimum absolute atomic E-state index is 0.447. The fraction of sp³-hybridized carbons (Fsp3) is 0.125. The van der Waals surface area contributed by atoms with Gasteiger partial charge in [-0.2, -0.15) is 23.5 Å². The SMILES string of the molecule is N#Cc1c(C(F)(F)F)ccc(F)c1N=N. The van der Waals surface area contributed by atoms with Crippen LogP contribution < -0.4 is 0 Å². The number of nitrogens with zero attached hydrogens (tertiary/aromatic N) is 2. The van der Waals surface area contributed by atoms with E-state index in [4.69, 9.17) is 10.8 Å². The Bertz CT molecular complexity index is 444. The third-order valence-electron chi connectivity index (χ3n) is 1.66. The lowest BCUT2D eigenvalue weighted by molar-refractivity contribution is -0.137. The number of hydrogen-bond acceptors (Lipinski definition) is 3. The average molecular weight is 217 g/mol. The normalized spacial score (nSPS) is 10.9. The Morgan fingerprint density at radius 3 is 2.33 bits per heavy atom. The molecule has 78 valence electrons. The first-order valence-electron chi connectivity index (χ1n) is 3.59. The molecule has 1 N–H and O–H groups in total. The van der Waals surface area contributed by atoms with Crippen molar-refractivity contribution < 1.29 is 17.6 Å². The van der Waals surface area contributed by atoms with Gasteiger partial charge in [0, 0.05) is 0 Å². The second-order valence-electron chi connectivity index (χ2n) is 2.54. The molecule has 0 aliphatic carbocycles. The van der Waals surface area contributed by atoms with Crippen molar-refractivity contribution in [1.82, 2.24) is 0 Å². The Labute approximate surface area is 81.5 Å². The first-order chi connectivity index (χ1) is 6.91. The molecule has 0 unspecified atom stereocenters. The van der Waals surface area contributed by atoms with Crippen LogP contribution in [-0.2, 0) is 6.18 Å². The van der Waals surface area contributed by atoms with Crippen molar-refractivity contribution in [2.45, 2.75) is 6.18 Å². The van der Waals surface area contributed by atoms with Gasteiger partial charge in [-0.3, -0.25) is 0 Å². The quantitative estimate of drug-likeness (QED) is 0.568. The van der Waals surface area contributed by atoms with Crippen molar-refractivity contribution >= 4 is 5.69 Å². The van der Waals surface area contributed by atoms with Crippen molar-refractivity contribution in [1.29, 1.82) is 10.8 Å². The van der Waals surface area contributed by atoms with Gasteiger partial charge >= 0.3 is 6.18 Å². The van der Waals surface area contributed by atoms with Gasteiger partial charge in [-0.25, -0.2) is 9.92 Å². The zero-order chi connectivity index (χ0) is 11.6. The molecule has 0 amide bonds. The smallest absolute Gasteiger partial charge is 0.204 e. The minimum Gasteiger partial charge on any atom is -0.204 e. The zero-order valence-electron chi connectivity index (χ0n) is 7.06. The molecule has 0 saturated heterocycles. The van der Waals surface area contributed by atoms with Gasteiger partial charge in [0.2, 0.25) is 0 Å². The molecule has 0 atom stereocenters. The molecular formula is C8H3F4N3. The molecule has 15 heavy (non-hydrogen) atoms. The molecule has 0 spiro atoms. The van der Waals surface area contributed by atoms with Gasteiger partial charge in [-0.1, -0.05) is 0 Å². The van der Waals surface area contributed by atoms with Crippen LogP contribution in [0.2, 0.25) is 0 Å². The molecule has 0 saturated carbocycles. The van der Waals surface area contributed by atoms with Crippen LogP contribution in [0.4, 0.5) is 23.2 Å². The maximum Gasteiger partial charge on any atom is 0.417 e. The van der Waals surface area contributed by atoms with E-state index in [0.29, 0.717) is 12.1 Å². The molecule has 0 bridgehead atoms. The fourth-order valence-corrected chi connectivity index (χ4v) is 1.02. The number of alkyl halides is 3. The third kappa shape index (κ3) is 1.93. The van der Waals surface area contributed by atoms with Gasteiger partial charge < -0.3 is 0 Å². The highest BCUT2D eigenvalue weighted by atomic mass is 19.4. The highest BCUT2D eigenvalue weighted by Crippen LogP contribution is 2.36. The second kappa shape index (κ2) is 3.65. The van der Waals surface area contributed by atoms with Crippen LogP contribution in [0.25, 0.3) is 0 Å². The summed E-state index contributed by atoms with van der Waals surface area (Å²) in [6.07, 6.45) is -4.77. The first kappa shape index (κ1) is 11.1. The Kier molecular flexibility index (Phi) is 2.70. The summed E-state index contributed by atoms with van der Waals surface area (Å²) < 4.78 is 49.8. The van der Waals surface area contributed by atoms with Crippen molar-refractivity contribution in [3.05, 3.63) is 29.1 Å². The van der Waals surface area contributed by atoms with E-state index in [1.54, 1.807) is 0 Å². The summed E-state index contributed by atoms with van der Waals surface area (Å²) in [6.45, 7) is 0. The lowest BCUT2D eigenvalue weighted by Gasteiger charge is -2.09. The predicted octanol–water partition coefficient (Wildman–Crippen LogP) is 3.38. The summed E-state index contributed by atoms with van der Waals surface area (Å²) in [4.78, 5) is 0. The van der Waals surface area contributed by atoms with Gasteiger partial charge in [0.1, 0.15) is 11.8 Å². The largest absolute Gasteiger partial charge is 0.417 e. The van der Waals surface area contributed by atoms with Crippen LogP contribution in [0.3, 0.4) is 0 Å². The van der Waals surface area contributed by atoms with Crippen LogP contribution in [-0.4, -0.2) is 0 Å². The molecule has 1 aromatic carbocycles. The molecule has 0 aliphatic rings. The number of hydrogen-bond donors (Lipinski definition) is 1. The van der Waals surface area contributed by atoms with Crippen molar-refractivity contribution in [2.24, 2.45) is 5.11 Å². The maximum atomic E-state index is 12.9. The molecule has 0 aromatic heterocycles. The van der Waals surface area contributed by atoms with Crippen LogP contribution >= 0.6 is 0 Å². The summed E-state index contributed by atoms with van der Waals surface area (Å²) >= 11 is 0. The summed E-state index contributed by atoms with van der Waals surface area (Å²) in [7, 11) is 0. The number of nitriles is 1. The van der Waals surface area contributed by atoms with Crippen molar-refractivity contribution in [3.63, 3.8) is 0 Å². The molecule has 1 aromatic rings. The Morgan fingerprint density at radius 1 is 1.33 bits per heavy atom. The molecule has 1 rings (SSSR count). The van der Waals surface area contributed by atoms with Gasteiger partial charge in [-0.05, 0) is 12.1 Å². The topological polar surface area (TPSA) is 60.0 Å². The Balaban J connectivity index is 3.58. The van der Waals surface area contributed by atoms with E-state index >= 15 is 0 Å². The molecule has 0 aliphatic heterocycles. The van der Waals surface area contributed by atoms with E-state index in [1.807, 2.05) is 0 Å². The first-order valence-corrected chi connectivity index (χ1v) is 3.59. The van der Waals surface area contributed by atoms with E-state index in [0.717, 1.165) is 0 Å². The Hall–Kier alpha value is -1.97. The highest BCUT2D eigenvalue weighted by Gasteiger charge is 2.35. The van der Waals surface area contributed by atoms with Crippen LogP contribution in [0.1, 0.15) is 11.1 Å². The zero-order valence-corrected chi connectivity index (χ0v) is 7.06. The maximum absolute atomic E-state index is 12.9. The number of rotatable bonds is 1. The monoisotopic (exact) mass is 217 g/mol. The van der Waals surface area contributed by atoms with Gasteiger partial charge in [0.05, 0.1) is 11.1 Å². The molecule has 7 heteroatoms. The van der Waals surface area contributed by atoms with Gasteiger partial charge in [0.15, 0.2) is 5.82 Å². The van der Waals surface area contributed by atoms with E-state index in [-0.39, 0.29) is 0 Å². The highest BCUT2D eigenvalue weighted by molar-refractivity contribution is 5.58. The average Bonchev–Trinajstić information content (AvgIpc) is 2.15. The summed E-state index contributed by atoms with van der Waals surface area (Å²) in [5.41, 5.74) is 3.33. The van der Waals surface area contributed by atoms with E-state index in [9.17, 15) is 17.6 Å². The predicted molar refractivity (Wildman–Crippen MR) is 40.9 cm³/mol. The summed E-state index contributed by atoms with van der Waals surface area (Å²) in [6, 6.07) is 2.16. The number of benzene rings is 1. The lowest BCUT2D eigenvalue weighted by Crippen LogP contribution is -2.08. The number of halogens is 4. The van der Waals surface area contributed by atoms with Crippen molar-refractivity contribution in [3.8, 4) is 6.07 Å². The second-order valence-corrected chi connectivity index (χ2v) is 2.54. The van der Waals surface area contributed by atoms with Crippen LogP contribution in [0.15, 0.2) is 17.2 Å². The van der Waals surface area contributed by atoms with E-state index in [1.165, 1.54) is 6.07 Å². The molecule has 0 heterocycles. The summed E-state index contributed by atoms with van der Waals surface area (Å²) in [5.74, 6) is -1.13. The third-order valence-corrected chi connectivity index (χ3v) is 1.66. The van der Waals surface area contributed by atoms with Crippen LogP contribution in [0.5, 0.6) is 0 Å². The fourth-order valence-electron chi connectivity index (χ4n) is 1.02. The molecule has 3 nitrogen and oxygen atoms in total. The molecular weight excluding hydrogens is 214 g/mol. The Morgan fingerprint density at radius 2 is 1.93 bits per heavy atom.